The fourth-order valence-corrected chi connectivity index (χ4v) is 1.90. The summed E-state index contributed by atoms with van der Waals surface area (Å²) in [4.78, 5) is 23.0. The molecule has 0 radical (unpaired) electrons. The molecule has 1 aromatic rings. The normalized spacial score (nSPS) is 16.5. The maximum absolute atomic E-state index is 11.5. The zero-order chi connectivity index (χ0) is 13.7. The van der Waals surface area contributed by atoms with Gasteiger partial charge in [-0.1, -0.05) is 0 Å². The third kappa shape index (κ3) is 3.82. The first-order chi connectivity index (χ1) is 9.09. The molecule has 1 aromatic heterocycles. The third-order valence-corrected chi connectivity index (χ3v) is 3.28. The Balaban J connectivity index is 1.60. The standard InChI is InChI=1S/C13H18N2O4/c16-11(15-9-13(18)5-2-6-13)4-7-14-12(17)10-3-1-8-19-10/h1,3,8,18H,2,4-7,9H2,(H,14,17)(H,15,16). The number of furan rings is 1. The summed E-state index contributed by atoms with van der Waals surface area (Å²) >= 11 is 0. The van der Waals surface area contributed by atoms with Crippen LogP contribution in [-0.4, -0.2) is 35.6 Å². The SMILES string of the molecule is O=C(CCNC(=O)c1ccco1)NCC1(O)CCC1. The molecule has 0 spiro atoms. The van der Waals surface area contributed by atoms with Gasteiger partial charge in [0.25, 0.3) is 5.91 Å². The van der Waals surface area contributed by atoms with Crippen LogP contribution in [0.5, 0.6) is 0 Å². The number of amides is 2. The van der Waals surface area contributed by atoms with Gasteiger partial charge in [-0.15, -0.1) is 0 Å². The van der Waals surface area contributed by atoms with Crippen molar-refractivity contribution in [1.29, 1.82) is 0 Å². The quantitative estimate of drug-likeness (QED) is 0.696. The summed E-state index contributed by atoms with van der Waals surface area (Å²) in [5.41, 5.74) is -0.715. The van der Waals surface area contributed by atoms with Crippen LogP contribution in [0.15, 0.2) is 22.8 Å². The fraction of sp³-hybridized carbons (Fsp3) is 0.538. The molecule has 2 amide bonds. The predicted octanol–water partition coefficient (Wildman–Crippen LogP) is 0.431. The topological polar surface area (TPSA) is 91.6 Å². The van der Waals surface area contributed by atoms with Gasteiger partial charge in [-0.3, -0.25) is 9.59 Å². The Labute approximate surface area is 111 Å². The van der Waals surface area contributed by atoms with Crippen molar-refractivity contribution >= 4 is 11.8 Å². The second kappa shape index (κ2) is 5.88. The largest absolute Gasteiger partial charge is 0.459 e. The highest BCUT2D eigenvalue weighted by molar-refractivity contribution is 5.91. The number of rotatable bonds is 6. The number of hydrogen-bond acceptors (Lipinski definition) is 4. The van der Waals surface area contributed by atoms with Gasteiger partial charge < -0.3 is 20.2 Å². The van der Waals surface area contributed by atoms with Gasteiger partial charge >= 0.3 is 0 Å². The predicted molar refractivity (Wildman–Crippen MR) is 67.5 cm³/mol. The summed E-state index contributed by atoms with van der Waals surface area (Å²) in [6, 6.07) is 3.18. The molecule has 0 aliphatic heterocycles. The first kappa shape index (κ1) is 13.6. The second-order valence-electron chi connectivity index (χ2n) is 4.84. The zero-order valence-electron chi connectivity index (χ0n) is 10.6. The van der Waals surface area contributed by atoms with E-state index in [1.165, 1.54) is 6.26 Å². The Hall–Kier alpha value is -1.82. The van der Waals surface area contributed by atoms with Gasteiger partial charge in [0.1, 0.15) is 0 Å². The molecule has 1 aliphatic rings. The maximum atomic E-state index is 11.5. The molecule has 0 aromatic carbocycles. The molecule has 0 saturated heterocycles. The molecule has 1 heterocycles. The van der Waals surface area contributed by atoms with Gasteiger partial charge in [0.2, 0.25) is 5.91 Å². The van der Waals surface area contributed by atoms with E-state index >= 15 is 0 Å². The molecule has 1 fully saturated rings. The van der Waals surface area contributed by atoms with Crippen molar-refractivity contribution < 1.29 is 19.1 Å². The van der Waals surface area contributed by atoms with E-state index in [2.05, 4.69) is 10.6 Å². The smallest absolute Gasteiger partial charge is 0.286 e. The third-order valence-electron chi connectivity index (χ3n) is 3.28. The molecule has 1 saturated carbocycles. The van der Waals surface area contributed by atoms with Crippen LogP contribution in [0.25, 0.3) is 0 Å². The number of hydrogen-bond donors (Lipinski definition) is 3. The highest BCUT2D eigenvalue weighted by atomic mass is 16.3. The van der Waals surface area contributed by atoms with Gasteiger partial charge in [0, 0.05) is 19.5 Å². The van der Waals surface area contributed by atoms with Crippen LogP contribution in [0.2, 0.25) is 0 Å². The Morgan fingerprint density at radius 1 is 1.37 bits per heavy atom. The van der Waals surface area contributed by atoms with Crippen molar-refractivity contribution in [3.05, 3.63) is 24.2 Å². The molecule has 3 N–H and O–H groups in total. The van der Waals surface area contributed by atoms with Crippen LogP contribution in [0.4, 0.5) is 0 Å². The van der Waals surface area contributed by atoms with E-state index in [1.54, 1.807) is 12.1 Å². The molecule has 0 atom stereocenters. The number of carbonyl (C=O) groups is 2. The average Bonchev–Trinajstić information content (AvgIpc) is 2.87. The van der Waals surface area contributed by atoms with Crippen molar-refractivity contribution in [3.8, 4) is 0 Å². The van der Waals surface area contributed by atoms with E-state index in [1.807, 2.05) is 0 Å². The van der Waals surface area contributed by atoms with Crippen LogP contribution in [-0.2, 0) is 4.79 Å². The second-order valence-corrected chi connectivity index (χ2v) is 4.84. The lowest BCUT2D eigenvalue weighted by molar-refractivity contribution is -0.123. The Bertz CT molecular complexity index is 438. The summed E-state index contributed by atoms with van der Waals surface area (Å²) in [7, 11) is 0. The highest BCUT2D eigenvalue weighted by Crippen LogP contribution is 2.30. The van der Waals surface area contributed by atoms with Crippen molar-refractivity contribution in [1.82, 2.24) is 10.6 Å². The first-order valence-electron chi connectivity index (χ1n) is 6.40. The summed E-state index contributed by atoms with van der Waals surface area (Å²) in [6.07, 6.45) is 4.08. The van der Waals surface area contributed by atoms with E-state index in [4.69, 9.17) is 4.42 Å². The van der Waals surface area contributed by atoms with Crippen LogP contribution in [0, 0.1) is 0 Å². The van der Waals surface area contributed by atoms with Crippen molar-refractivity contribution in [2.75, 3.05) is 13.1 Å². The van der Waals surface area contributed by atoms with Crippen molar-refractivity contribution in [3.63, 3.8) is 0 Å². The van der Waals surface area contributed by atoms with Crippen molar-refractivity contribution in [2.24, 2.45) is 0 Å². The van der Waals surface area contributed by atoms with Crippen LogP contribution < -0.4 is 10.6 Å². The van der Waals surface area contributed by atoms with Gasteiger partial charge in [-0.2, -0.15) is 0 Å². The molecule has 0 bridgehead atoms. The van der Waals surface area contributed by atoms with E-state index in [9.17, 15) is 14.7 Å². The van der Waals surface area contributed by atoms with Crippen LogP contribution in [0.3, 0.4) is 0 Å². The lowest BCUT2D eigenvalue weighted by atomic mass is 9.80. The number of nitrogens with one attached hydrogen (secondary N) is 2. The summed E-state index contributed by atoms with van der Waals surface area (Å²) in [6.45, 7) is 0.530. The van der Waals surface area contributed by atoms with Gasteiger partial charge in [-0.05, 0) is 31.4 Å². The molecule has 6 heteroatoms. The van der Waals surface area contributed by atoms with Crippen molar-refractivity contribution in [2.45, 2.75) is 31.3 Å². The number of aliphatic hydroxyl groups is 1. The van der Waals surface area contributed by atoms with Gasteiger partial charge in [-0.25, -0.2) is 0 Å². The minimum Gasteiger partial charge on any atom is -0.459 e. The minimum absolute atomic E-state index is 0.180. The van der Waals surface area contributed by atoms with E-state index in [-0.39, 0.29) is 37.1 Å². The molecule has 0 unspecified atom stereocenters. The Morgan fingerprint density at radius 2 is 2.16 bits per heavy atom. The highest BCUT2D eigenvalue weighted by Gasteiger charge is 2.34. The van der Waals surface area contributed by atoms with Crippen LogP contribution >= 0.6 is 0 Å². The lowest BCUT2D eigenvalue weighted by Crippen LogP contribution is -2.48. The Morgan fingerprint density at radius 3 is 2.74 bits per heavy atom. The molecular formula is C13H18N2O4. The van der Waals surface area contributed by atoms with E-state index < -0.39 is 5.60 Å². The van der Waals surface area contributed by atoms with Crippen LogP contribution in [0.1, 0.15) is 36.2 Å². The Kier molecular flexibility index (Phi) is 4.21. The zero-order valence-corrected chi connectivity index (χ0v) is 10.6. The fourth-order valence-electron chi connectivity index (χ4n) is 1.90. The van der Waals surface area contributed by atoms with Gasteiger partial charge in [0.15, 0.2) is 5.76 Å². The minimum atomic E-state index is -0.715. The monoisotopic (exact) mass is 266 g/mol. The molecular weight excluding hydrogens is 248 g/mol. The molecule has 104 valence electrons. The average molecular weight is 266 g/mol. The van der Waals surface area contributed by atoms with E-state index in [0.29, 0.717) is 0 Å². The molecule has 2 rings (SSSR count). The maximum Gasteiger partial charge on any atom is 0.286 e. The lowest BCUT2D eigenvalue weighted by Gasteiger charge is -2.36. The summed E-state index contributed by atoms with van der Waals surface area (Å²) < 4.78 is 4.92. The van der Waals surface area contributed by atoms with E-state index in [0.717, 1.165) is 19.3 Å². The molecule has 19 heavy (non-hydrogen) atoms. The number of carbonyl (C=O) groups excluding carboxylic acids is 2. The summed E-state index contributed by atoms with van der Waals surface area (Å²) in [5.74, 6) is -0.292. The molecule has 1 aliphatic carbocycles. The summed E-state index contributed by atoms with van der Waals surface area (Å²) in [5, 5.41) is 15.1. The first-order valence-corrected chi connectivity index (χ1v) is 6.40. The van der Waals surface area contributed by atoms with Gasteiger partial charge in [0.05, 0.1) is 11.9 Å². The molecule has 6 nitrogen and oxygen atoms in total.